The lowest BCUT2D eigenvalue weighted by Gasteiger charge is -2.47. The van der Waals surface area contributed by atoms with Crippen LogP contribution in [0.1, 0.15) is 0 Å². The second-order valence-electron chi connectivity index (χ2n) is 3.92. The number of aromatic amines is 1. The molecule has 0 radical (unpaired) electrons. The van der Waals surface area contributed by atoms with Gasteiger partial charge in [0.05, 0.1) is 6.20 Å². The number of aromatic nitrogens is 3. The van der Waals surface area contributed by atoms with Crippen LogP contribution in [0.15, 0.2) is 21.8 Å². The van der Waals surface area contributed by atoms with E-state index in [2.05, 4.69) is 15.4 Å². The minimum absolute atomic E-state index is 0.00319. The number of thioether (sulfide) groups is 2. The quantitative estimate of drug-likeness (QED) is 0.634. The summed E-state index contributed by atoms with van der Waals surface area (Å²) in [7, 11) is 0. The summed E-state index contributed by atoms with van der Waals surface area (Å²) >= 11 is 2.64. The fourth-order valence-electron chi connectivity index (χ4n) is 1.93. The Morgan fingerprint density at radius 1 is 1.68 bits per heavy atom. The van der Waals surface area contributed by atoms with Gasteiger partial charge in [0.15, 0.2) is 0 Å². The molecule has 4 N–H and O–H groups in total. The molecule has 100 valence electrons. The molecule has 8 nitrogen and oxygen atoms in total. The Kier molecular flexibility index (Phi) is 2.99. The maximum atomic E-state index is 11.7. The van der Waals surface area contributed by atoms with E-state index in [4.69, 9.17) is 5.73 Å². The zero-order valence-corrected chi connectivity index (χ0v) is 11.1. The molecule has 1 aromatic heterocycles. The van der Waals surface area contributed by atoms with E-state index < -0.39 is 12.0 Å². The summed E-state index contributed by atoms with van der Waals surface area (Å²) in [5.74, 6) is -0.995. The van der Waals surface area contributed by atoms with Crippen molar-refractivity contribution in [3.05, 3.63) is 16.8 Å². The van der Waals surface area contributed by atoms with Crippen molar-refractivity contribution >= 4 is 35.4 Å². The highest BCUT2D eigenvalue weighted by Gasteiger charge is 2.51. The maximum Gasteiger partial charge on any atom is 0.353 e. The van der Waals surface area contributed by atoms with Crippen molar-refractivity contribution in [1.29, 1.82) is 0 Å². The van der Waals surface area contributed by atoms with Crippen molar-refractivity contribution in [2.24, 2.45) is 5.73 Å². The number of fused-ring (bicyclic) bond motifs is 1. The molecule has 1 saturated heterocycles. The average Bonchev–Trinajstić information content (AvgIpc) is 2.89. The molecule has 1 fully saturated rings. The first kappa shape index (κ1) is 12.5. The molecule has 2 aliphatic heterocycles. The van der Waals surface area contributed by atoms with Gasteiger partial charge in [0.25, 0.3) is 0 Å². The molecule has 2 atom stereocenters. The Morgan fingerprint density at radius 3 is 3.11 bits per heavy atom. The zero-order valence-electron chi connectivity index (χ0n) is 9.44. The number of aliphatic carboxylic acids is 1. The third-order valence-corrected chi connectivity index (χ3v) is 5.27. The molecular formula is C9H9N5O3S2. The van der Waals surface area contributed by atoms with E-state index in [1.165, 1.54) is 34.6 Å². The number of carboxylic acids is 1. The average molecular weight is 299 g/mol. The molecule has 0 unspecified atom stereocenters. The van der Waals surface area contributed by atoms with Crippen molar-refractivity contribution in [2.75, 3.05) is 5.75 Å². The normalized spacial score (nSPS) is 26.2. The number of hydrogen-bond acceptors (Lipinski definition) is 7. The Morgan fingerprint density at radius 2 is 2.47 bits per heavy atom. The van der Waals surface area contributed by atoms with Crippen LogP contribution in [0.5, 0.6) is 0 Å². The van der Waals surface area contributed by atoms with E-state index in [1.807, 2.05) is 0 Å². The Hall–Kier alpha value is -1.52. The Balaban J connectivity index is 1.95. The smallest absolute Gasteiger partial charge is 0.353 e. The fraction of sp³-hybridized carbons (Fsp3) is 0.333. The highest BCUT2D eigenvalue weighted by molar-refractivity contribution is 8.06. The Bertz CT molecular complexity index is 572. The summed E-state index contributed by atoms with van der Waals surface area (Å²) in [4.78, 5) is 24.9. The van der Waals surface area contributed by atoms with Crippen molar-refractivity contribution < 1.29 is 14.7 Å². The van der Waals surface area contributed by atoms with Crippen LogP contribution in [-0.4, -0.2) is 54.5 Å². The molecule has 3 heterocycles. The molecule has 3 rings (SSSR count). The number of nitrogens with zero attached hydrogens (tertiary/aromatic N) is 3. The Labute approximate surface area is 115 Å². The summed E-state index contributed by atoms with van der Waals surface area (Å²) in [5.41, 5.74) is 5.66. The number of H-pyrrole nitrogens is 1. The third-order valence-electron chi connectivity index (χ3n) is 2.80. The van der Waals surface area contributed by atoms with Crippen LogP contribution in [0.25, 0.3) is 0 Å². The second-order valence-corrected chi connectivity index (χ2v) is 6.14. The number of carbonyl (C=O) groups excluding carboxylic acids is 1. The molecule has 0 aliphatic carbocycles. The number of nitrogens with two attached hydrogens (primary N) is 1. The highest BCUT2D eigenvalue weighted by atomic mass is 32.2. The number of carbonyl (C=O) groups is 2. The molecule has 2 aliphatic rings. The van der Waals surface area contributed by atoms with Gasteiger partial charge >= 0.3 is 5.97 Å². The minimum atomic E-state index is -1.13. The van der Waals surface area contributed by atoms with E-state index in [9.17, 15) is 14.7 Å². The summed E-state index contributed by atoms with van der Waals surface area (Å²) in [6.07, 6.45) is 1.50. The van der Waals surface area contributed by atoms with Gasteiger partial charge in [0.2, 0.25) is 5.91 Å². The minimum Gasteiger partial charge on any atom is -0.477 e. The first-order chi connectivity index (χ1) is 9.09. The molecule has 10 heteroatoms. The summed E-state index contributed by atoms with van der Waals surface area (Å²) in [6, 6.07) is -0.613. The summed E-state index contributed by atoms with van der Waals surface area (Å²) < 4.78 is 0. The van der Waals surface area contributed by atoms with Crippen LogP contribution in [0.2, 0.25) is 0 Å². The molecular weight excluding hydrogens is 290 g/mol. The first-order valence-corrected chi connectivity index (χ1v) is 7.16. The number of amides is 1. The SMILES string of the molecule is N[C@@H]1C(=O)N2C(C(=O)O)=C(Sc3cn[nH]n3)CS[C@@H]12. The molecule has 0 spiro atoms. The topological polar surface area (TPSA) is 125 Å². The number of nitrogens with one attached hydrogen (secondary N) is 1. The van der Waals surface area contributed by atoms with Gasteiger partial charge in [-0.15, -0.1) is 16.9 Å². The standard InChI is InChI=1S/C9H9N5O3S2/c10-5-7(15)14-6(9(16)17)3(2-18-8(5)14)19-4-1-11-13-12-4/h1,5,8H,2,10H2,(H,16,17)(H,11,12,13)/t5-,8+/m1/s1. The number of β-lactam (4-membered cyclic amide) rings is 1. The van der Waals surface area contributed by atoms with Crippen LogP contribution < -0.4 is 5.73 Å². The summed E-state index contributed by atoms with van der Waals surface area (Å²) in [6.45, 7) is 0. The van der Waals surface area contributed by atoms with Gasteiger partial charge < -0.3 is 10.8 Å². The van der Waals surface area contributed by atoms with Gasteiger partial charge in [0, 0.05) is 10.7 Å². The number of carboxylic acid groups (broad SMARTS) is 1. The molecule has 19 heavy (non-hydrogen) atoms. The predicted octanol–water partition coefficient (Wildman–Crippen LogP) is -0.565. The van der Waals surface area contributed by atoms with Crippen molar-refractivity contribution in [3.63, 3.8) is 0 Å². The molecule has 1 amide bonds. The molecule has 0 bridgehead atoms. The molecule has 1 aromatic rings. The molecule has 0 saturated carbocycles. The zero-order chi connectivity index (χ0) is 13.6. The van der Waals surface area contributed by atoms with Crippen LogP contribution in [0.4, 0.5) is 0 Å². The van der Waals surface area contributed by atoms with E-state index in [0.717, 1.165) is 0 Å². The van der Waals surface area contributed by atoms with Crippen LogP contribution in [-0.2, 0) is 9.59 Å². The van der Waals surface area contributed by atoms with Gasteiger partial charge in [-0.05, 0) is 0 Å². The lowest BCUT2D eigenvalue weighted by atomic mass is 10.1. The second kappa shape index (κ2) is 4.54. The predicted molar refractivity (Wildman–Crippen MR) is 68.0 cm³/mol. The van der Waals surface area contributed by atoms with Crippen molar-refractivity contribution in [1.82, 2.24) is 20.3 Å². The van der Waals surface area contributed by atoms with Gasteiger partial charge in [-0.25, -0.2) is 4.79 Å². The lowest BCUT2D eigenvalue weighted by molar-refractivity contribution is -0.147. The van der Waals surface area contributed by atoms with E-state index >= 15 is 0 Å². The fourth-order valence-corrected chi connectivity index (χ4v) is 4.24. The number of rotatable bonds is 3. The summed E-state index contributed by atoms with van der Waals surface area (Å²) in [5, 5.41) is 19.6. The lowest BCUT2D eigenvalue weighted by Crippen LogP contribution is -2.68. The molecule has 0 aromatic carbocycles. The maximum absolute atomic E-state index is 11.7. The van der Waals surface area contributed by atoms with Gasteiger partial charge in [-0.3, -0.25) is 9.69 Å². The largest absolute Gasteiger partial charge is 0.477 e. The van der Waals surface area contributed by atoms with Crippen LogP contribution in [0, 0.1) is 0 Å². The van der Waals surface area contributed by atoms with Crippen LogP contribution in [0.3, 0.4) is 0 Å². The third kappa shape index (κ3) is 1.91. The van der Waals surface area contributed by atoms with Gasteiger partial charge in [-0.2, -0.15) is 10.3 Å². The van der Waals surface area contributed by atoms with E-state index in [-0.39, 0.29) is 17.0 Å². The van der Waals surface area contributed by atoms with Gasteiger partial charge in [0.1, 0.15) is 22.1 Å². The monoisotopic (exact) mass is 299 g/mol. The first-order valence-electron chi connectivity index (χ1n) is 5.30. The van der Waals surface area contributed by atoms with Gasteiger partial charge in [-0.1, -0.05) is 11.8 Å². The highest BCUT2D eigenvalue weighted by Crippen LogP contribution is 2.43. The van der Waals surface area contributed by atoms with Crippen LogP contribution >= 0.6 is 23.5 Å². The van der Waals surface area contributed by atoms with Crippen molar-refractivity contribution in [3.8, 4) is 0 Å². The van der Waals surface area contributed by atoms with E-state index in [1.54, 1.807) is 0 Å². The van der Waals surface area contributed by atoms with Crippen molar-refractivity contribution in [2.45, 2.75) is 16.4 Å². The number of hydrogen-bond donors (Lipinski definition) is 3. The van der Waals surface area contributed by atoms with E-state index in [0.29, 0.717) is 15.7 Å².